The van der Waals surface area contributed by atoms with Crippen LogP contribution in [0.3, 0.4) is 0 Å². The molecule has 14 nitrogen and oxygen atoms in total. The number of carboxylic acids is 1. The van der Waals surface area contributed by atoms with Gasteiger partial charge in [-0.1, -0.05) is 11.6 Å². The summed E-state index contributed by atoms with van der Waals surface area (Å²) in [6.07, 6.45) is -1.07. The average molecular weight is 757 g/mol. The lowest BCUT2D eigenvalue weighted by atomic mass is 9.80. The molecule has 284 valence electrons. The molecule has 3 aliphatic heterocycles. The number of nitrogens with one attached hydrogen (secondary N) is 1. The van der Waals surface area contributed by atoms with Crippen LogP contribution in [0, 0.1) is 11.8 Å². The number of carbonyl (C=O) groups excluding carboxylic acids is 3. The number of likely N-dealkylation sites (tertiary alicyclic amines) is 2. The monoisotopic (exact) mass is 756 g/mol. The third-order valence-electron chi connectivity index (χ3n) is 9.15. The van der Waals surface area contributed by atoms with E-state index in [1.54, 1.807) is 18.2 Å². The molecule has 52 heavy (non-hydrogen) atoms. The molecule has 0 saturated carbocycles. The fourth-order valence-electron chi connectivity index (χ4n) is 6.24. The van der Waals surface area contributed by atoms with Crippen molar-refractivity contribution in [1.29, 1.82) is 0 Å². The van der Waals surface area contributed by atoms with Crippen molar-refractivity contribution >= 4 is 53.7 Å². The number of hydrogen-bond donors (Lipinski definition) is 4. The van der Waals surface area contributed by atoms with Gasteiger partial charge in [0, 0.05) is 38.2 Å². The maximum absolute atomic E-state index is 13.4. The first-order valence-electron chi connectivity index (χ1n) is 16.6. The Bertz CT molecular complexity index is 1580. The lowest BCUT2D eigenvalue weighted by Crippen LogP contribution is -2.49. The number of anilines is 1. The molecule has 3 fully saturated rings. The fraction of sp³-hybridized carbons (Fsp3) is 0.515. The number of amides is 4. The van der Waals surface area contributed by atoms with Crippen LogP contribution in [-0.2, 0) is 9.59 Å². The number of imide groups is 1. The molecule has 4 amide bonds. The first kappa shape index (κ1) is 40.5. The van der Waals surface area contributed by atoms with E-state index in [1.807, 2.05) is 4.90 Å². The number of hydrogen-bond acceptors (Lipinski definition) is 10. The zero-order valence-corrected chi connectivity index (χ0v) is 29.4. The largest absolute Gasteiger partial charge is 0.493 e. The van der Waals surface area contributed by atoms with Crippen LogP contribution < -0.4 is 29.9 Å². The lowest BCUT2D eigenvalue weighted by molar-refractivity contribution is -0.192. The molecule has 0 aromatic heterocycles. The van der Waals surface area contributed by atoms with Crippen molar-refractivity contribution in [3.63, 3.8) is 0 Å². The number of carboxylic acid groups (broad SMARTS) is 1. The Morgan fingerprint density at radius 2 is 1.52 bits per heavy atom. The van der Waals surface area contributed by atoms with Crippen LogP contribution in [0.1, 0.15) is 42.5 Å². The van der Waals surface area contributed by atoms with E-state index in [9.17, 15) is 37.6 Å². The van der Waals surface area contributed by atoms with Crippen molar-refractivity contribution in [1.82, 2.24) is 15.1 Å². The van der Waals surface area contributed by atoms with Gasteiger partial charge in [0.25, 0.3) is 5.91 Å². The van der Waals surface area contributed by atoms with Crippen molar-refractivity contribution in [2.75, 3.05) is 65.0 Å². The smallest absolute Gasteiger partial charge is 0.490 e. The number of carbonyl (C=O) groups is 4. The molecule has 3 saturated heterocycles. The van der Waals surface area contributed by atoms with Gasteiger partial charge in [-0.25, -0.2) is 9.59 Å². The number of ether oxygens (including phenoxy) is 3. The van der Waals surface area contributed by atoms with E-state index in [4.69, 9.17) is 35.7 Å². The zero-order valence-electron chi connectivity index (χ0n) is 28.7. The van der Waals surface area contributed by atoms with Gasteiger partial charge in [0.05, 0.1) is 31.5 Å². The maximum Gasteiger partial charge on any atom is 0.490 e. The van der Waals surface area contributed by atoms with Crippen molar-refractivity contribution in [2.24, 2.45) is 11.8 Å². The Kier molecular flexibility index (Phi) is 14.0. The number of alkyl halides is 3. The molecule has 2 aromatic rings. The number of aliphatic carboxylic acids is 1. The van der Waals surface area contributed by atoms with Gasteiger partial charge in [-0.05, 0) is 86.4 Å². The van der Waals surface area contributed by atoms with Crippen LogP contribution in [0.25, 0.3) is 0 Å². The number of urea groups is 1. The van der Waals surface area contributed by atoms with Crippen molar-refractivity contribution in [3.05, 3.63) is 40.9 Å². The number of methoxy groups -OCH3 is 2. The highest BCUT2D eigenvalue weighted by Crippen LogP contribution is 2.37. The molecule has 0 radical (unpaired) electrons. The van der Waals surface area contributed by atoms with Crippen LogP contribution >= 0.6 is 11.6 Å². The van der Waals surface area contributed by atoms with E-state index < -0.39 is 25.3 Å². The van der Waals surface area contributed by atoms with Crippen molar-refractivity contribution in [2.45, 2.75) is 38.3 Å². The molecule has 0 unspecified atom stereocenters. The fourth-order valence-corrected chi connectivity index (χ4v) is 6.46. The molecule has 3 aliphatic rings. The van der Waals surface area contributed by atoms with E-state index in [1.165, 1.54) is 31.3 Å². The quantitative estimate of drug-likeness (QED) is 0.262. The summed E-state index contributed by atoms with van der Waals surface area (Å²) in [6, 6.07) is 7.49. The second-order valence-electron chi connectivity index (χ2n) is 12.6. The van der Waals surface area contributed by atoms with Gasteiger partial charge >= 0.3 is 25.3 Å². The average Bonchev–Trinajstić information content (AvgIpc) is 3.11. The summed E-state index contributed by atoms with van der Waals surface area (Å²) in [4.78, 5) is 51.9. The van der Waals surface area contributed by atoms with E-state index in [-0.39, 0.29) is 30.2 Å². The van der Waals surface area contributed by atoms with Crippen LogP contribution in [0.5, 0.6) is 17.2 Å². The van der Waals surface area contributed by atoms with Gasteiger partial charge in [-0.15, -0.1) is 0 Å². The molecule has 5 rings (SSSR count). The van der Waals surface area contributed by atoms with Crippen molar-refractivity contribution in [3.8, 4) is 17.2 Å². The number of nitrogens with zero attached hydrogens (tertiary/aromatic N) is 3. The maximum atomic E-state index is 13.4. The Balaban J connectivity index is 0.000000785. The molecule has 0 spiro atoms. The minimum atomic E-state index is -5.08. The second kappa shape index (κ2) is 18.0. The normalized spacial score (nSPS) is 17.5. The van der Waals surface area contributed by atoms with Crippen LogP contribution in [0.4, 0.5) is 23.7 Å². The Morgan fingerprint density at radius 3 is 2.04 bits per heavy atom. The highest BCUT2D eigenvalue weighted by Gasteiger charge is 2.38. The Labute approximate surface area is 303 Å². The number of piperidine rings is 2. The summed E-state index contributed by atoms with van der Waals surface area (Å²) >= 11 is 6.36. The standard InChI is InChI=1S/C31H40BClN4O8.C2HF3O2/c1-43-26-16-23(32(41)42)17-27(44-2)29(26)45-19-21-5-10-35(11-6-21)18-20-7-12-36(13-8-20)30(39)22-3-4-24(33)25(15-22)37-14-9-28(38)34-31(37)40;3-2(4,5)1(6)7/h3-4,15-17,20-21,41-42H,5-14,18-19H2,1-2H3,(H,34,38,40);(H,6,7). The summed E-state index contributed by atoms with van der Waals surface area (Å²) in [5.41, 5.74) is 1.16. The SMILES string of the molecule is COc1cc(B(O)O)cc(OC)c1OCC1CCN(CC2CCN(C(=O)c3ccc(Cl)c(N4CCC(=O)NC4=O)c3)CC2)CC1.O=C(O)C(F)(F)F. The Morgan fingerprint density at radius 1 is 0.942 bits per heavy atom. The van der Waals surface area contributed by atoms with Gasteiger partial charge in [-0.2, -0.15) is 13.2 Å². The van der Waals surface area contributed by atoms with Crippen molar-refractivity contribution < 1.29 is 61.7 Å². The molecule has 0 atom stereocenters. The summed E-state index contributed by atoms with van der Waals surface area (Å²) < 4.78 is 48.7. The van der Waals surface area contributed by atoms with E-state index >= 15 is 0 Å². The third-order valence-corrected chi connectivity index (χ3v) is 9.47. The van der Waals surface area contributed by atoms with Gasteiger partial charge in [-0.3, -0.25) is 19.8 Å². The molecule has 0 bridgehead atoms. The molecule has 4 N–H and O–H groups in total. The summed E-state index contributed by atoms with van der Waals surface area (Å²) in [6.45, 7) is 5.00. The number of benzene rings is 2. The van der Waals surface area contributed by atoms with Crippen LogP contribution in [-0.4, -0.2) is 122 Å². The van der Waals surface area contributed by atoms with Crippen LogP contribution in [0.15, 0.2) is 30.3 Å². The predicted octanol–water partition coefficient (Wildman–Crippen LogP) is 2.76. The van der Waals surface area contributed by atoms with E-state index in [0.717, 1.165) is 45.3 Å². The minimum absolute atomic E-state index is 0.0869. The summed E-state index contributed by atoms with van der Waals surface area (Å²) in [7, 11) is 1.37. The lowest BCUT2D eigenvalue weighted by Gasteiger charge is -2.37. The second-order valence-corrected chi connectivity index (χ2v) is 13.1. The summed E-state index contributed by atoms with van der Waals surface area (Å²) in [5, 5.41) is 28.9. The predicted molar refractivity (Wildman–Crippen MR) is 183 cm³/mol. The first-order valence-corrected chi connectivity index (χ1v) is 17.0. The van der Waals surface area contributed by atoms with Gasteiger partial charge < -0.3 is 39.2 Å². The van der Waals surface area contributed by atoms with Gasteiger partial charge in [0.15, 0.2) is 11.5 Å². The first-order chi connectivity index (χ1) is 24.6. The Hall–Kier alpha value is -4.26. The highest BCUT2D eigenvalue weighted by atomic mass is 35.5. The molecule has 0 aliphatic carbocycles. The third kappa shape index (κ3) is 10.6. The number of halogens is 4. The zero-order chi connectivity index (χ0) is 38.2. The molecular weight excluding hydrogens is 716 g/mol. The minimum Gasteiger partial charge on any atom is -0.493 e. The molecule has 19 heteroatoms. The number of rotatable bonds is 10. The van der Waals surface area contributed by atoms with Crippen LogP contribution in [0.2, 0.25) is 5.02 Å². The van der Waals surface area contributed by atoms with Gasteiger partial charge in [0.1, 0.15) is 0 Å². The van der Waals surface area contributed by atoms with Gasteiger partial charge in [0.2, 0.25) is 11.7 Å². The molecular formula is C33H41BClF3N4O10. The van der Waals surface area contributed by atoms with E-state index in [2.05, 4.69) is 10.2 Å². The molecule has 2 aromatic carbocycles. The summed E-state index contributed by atoms with van der Waals surface area (Å²) in [5.74, 6) is -1.05. The highest BCUT2D eigenvalue weighted by molar-refractivity contribution is 6.58. The topological polar surface area (TPSA) is 178 Å². The molecule has 3 heterocycles. The van der Waals surface area contributed by atoms with E-state index in [0.29, 0.717) is 65.1 Å².